The molecule has 1 saturated heterocycles. The first-order chi connectivity index (χ1) is 8.02. The van der Waals surface area contributed by atoms with Crippen molar-refractivity contribution in [2.45, 2.75) is 40.2 Å². The minimum absolute atomic E-state index is 0.402. The molecule has 0 aromatic carbocycles. The van der Waals surface area contributed by atoms with Gasteiger partial charge in [-0.15, -0.1) is 0 Å². The average molecular weight is 233 g/mol. The lowest BCUT2D eigenvalue weighted by atomic mass is 9.84. The van der Waals surface area contributed by atoms with E-state index in [9.17, 15) is 0 Å². The molecule has 17 heavy (non-hydrogen) atoms. The van der Waals surface area contributed by atoms with E-state index in [4.69, 9.17) is 5.73 Å². The van der Waals surface area contributed by atoms with Gasteiger partial charge in [-0.05, 0) is 42.4 Å². The van der Waals surface area contributed by atoms with Crippen LogP contribution in [0.5, 0.6) is 0 Å². The number of nitrogens with two attached hydrogens (primary N) is 1. The molecular formula is C14H23N3. The highest BCUT2D eigenvalue weighted by atomic mass is 15.2. The van der Waals surface area contributed by atoms with Crippen LogP contribution in [0.2, 0.25) is 0 Å². The molecule has 0 bridgehead atoms. The van der Waals surface area contributed by atoms with Gasteiger partial charge in [-0.25, -0.2) is 4.98 Å². The lowest BCUT2D eigenvalue weighted by molar-refractivity contribution is 0.292. The number of anilines is 1. The van der Waals surface area contributed by atoms with E-state index in [1.807, 2.05) is 6.20 Å². The quantitative estimate of drug-likeness (QED) is 0.853. The van der Waals surface area contributed by atoms with Gasteiger partial charge >= 0.3 is 0 Å². The number of aryl methyl sites for hydroxylation is 1. The lowest BCUT2D eigenvalue weighted by Crippen LogP contribution is -2.40. The summed E-state index contributed by atoms with van der Waals surface area (Å²) in [6.45, 7) is 9.59. The summed E-state index contributed by atoms with van der Waals surface area (Å²) in [4.78, 5) is 7.00. The van der Waals surface area contributed by atoms with Gasteiger partial charge in [0.05, 0.1) is 0 Å². The molecular weight excluding hydrogens is 210 g/mol. The van der Waals surface area contributed by atoms with Gasteiger partial charge in [0.25, 0.3) is 0 Å². The van der Waals surface area contributed by atoms with Crippen LogP contribution in [0.1, 0.15) is 37.8 Å². The Morgan fingerprint density at radius 3 is 2.82 bits per heavy atom. The van der Waals surface area contributed by atoms with Gasteiger partial charge in [-0.3, -0.25) is 0 Å². The lowest BCUT2D eigenvalue weighted by Gasteiger charge is -2.39. The van der Waals surface area contributed by atoms with Crippen LogP contribution in [-0.4, -0.2) is 18.1 Å². The number of pyridine rings is 1. The number of aromatic nitrogens is 1. The third kappa shape index (κ3) is 2.78. The highest BCUT2D eigenvalue weighted by molar-refractivity contribution is 5.48. The van der Waals surface area contributed by atoms with Gasteiger partial charge in [0, 0.05) is 25.8 Å². The van der Waals surface area contributed by atoms with E-state index in [1.165, 1.54) is 18.4 Å². The van der Waals surface area contributed by atoms with Crippen molar-refractivity contribution >= 4 is 5.82 Å². The summed E-state index contributed by atoms with van der Waals surface area (Å²) in [6.07, 6.45) is 4.47. The molecule has 3 nitrogen and oxygen atoms in total. The molecule has 0 aliphatic carbocycles. The Bertz CT molecular complexity index is 398. The van der Waals surface area contributed by atoms with Crippen molar-refractivity contribution in [2.24, 2.45) is 11.1 Å². The first kappa shape index (κ1) is 12.4. The summed E-state index contributed by atoms with van der Waals surface area (Å²) in [6, 6.07) is 2.16. The Kier molecular flexibility index (Phi) is 3.38. The maximum Gasteiger partial charge on any atom is 0.131 e. The monoisotopic (exact) mass is 233 g/mol. The largest absolute Gasteiger partial charge is 0.356 e. The molecule has 1 aromatic rings. The Hall–Kier alpha value is -1.09. The highest BCUT2D eigenvalue weighted by Gasteiger charge is 2.27. The summed E-state index contributed by atoms with van der Waals surface area (Å²) in [5, 5.41) is 0. The summed E-state index contributed by atoms with van der Waals surface area (Å²) in [7, 11) is 0. The highest BCUT2D eigenvalue weighted by Crippen LogP contribution is 2.31. The van der Waals surface area contributed by atoms with Gasteiger partial charge in [0.1, 0.15) is 5.82 Å². The SMILES string of the molecule is Cc1cc(CN)cnc1N1CCCC(C)(C)C1. The van der Waals surface area contributed by atoms with Crippen molar-refractivity contribution in [3.05, 3.63) is 23.4 Å². The van der Waals surface area contributed by atoms with E-state index in [0.717, 1.165) is 24.5 Å². The molecule has 0 radical (unpaired) electrons. The molecule has 1 fully saturated rings. The molecule has 2 rings (SSSR count). The zero-order chi connectivity index (χ0) is 12.5. The number of piperidine rings is 1. The third-order valence-electron chi connectivity index (χ3n) is 3.54. The molecule has 0 atom stereocenters. The zero-order valence-electron chi connectivity index (χ0n) is 11.2. The maximum absolute atomic E-state index is 5.64. The van der Waals surface area contributed by atoms with Gasteiger partial charge in [-0.2, -0.15) is 0 Å². The van der Waals surface area contributed by atoms with Crippen LogP contribution in [0.3, 0.4) is 0 Å². The molecule has 1 aromatic heterocycles. The Morgan fingerprint density at radius 2 is 2.24 bits per heavy atom. The van der Waals surface area contributed by atoms with E-state index in [0.29, 0.717) is 12.0 Å². The fourth-order valence-corrected chi connectivity index (χ4v) is 2.67. The van der Waals surface area contributed by atoms with E-state index in [1.54, 1.807) is 0 Å². The maximum atomic E-state index is 5.64. The summed E-state index contributed by atoms with van der Waals surface area (Å²) < 4.78 is 0. The molecule has 0 amide bonds. The van der Waals surface area contributed by atoms with Crippen molar-refractivity contribution < 1.29 is 0 Å². The Morgan fingerprint density at radius 1 is 1.47 bits per heavy atom. The van der Waals surface area contributed by atoms with Crippen LogP contribution in [0.15, 0.2) is 12.3 Å². The minimum Gasteiger partial charge on any atom is -0.356 e. The minimum atomic E-state index is 0.402. The molecule has 2 heterocycles. The molecule has 94 valence electrons. The summed E-state index contributed by atoms with van der Waals surface area (Å²) in [5.41, 5.74) is 8.39. The number of rotatable bonds is 2. The van der Waals surface area contributed by atoms with Gasteiger partial charge in [-0.1, -0.05) is 13.8 Å². The molecule has 0 saturated carbocycles. The topological polar surface area (TPSA) is 42.1 Å². The predicted octanol–water partition coefficient (Wildman–Crippen LogP) is 2.48. The molecule has 0 unspecified atom stereocenters. The van der Waals surface area contributed by atoms with Crippen molar-refractivity contribution in [3.8, 4) is 0 Å². The Balaban J connectivity index is 2.22. The molecule has 1 aliphatic heterocycles. The van der Waals surface area contributed by atoms with E-state index in [2.05, 4.69) is 36.7 Å². The van der Waals surface area contributed by atoms with E-state index in [-0.39, 0.29) is 0 Å². The fraction of sp³-hybridized carbons (Fsp3) is 0.643. The second kappa shape index (κ2) is 4.65. The van der Waals surface area contributed by atoms with Gasteiger partial charge in [0.15, 0.2) is 0 Å². The van der Waals surface area contributed by atoms with Gasteiger partial charge in [0.2, 0.25) is 0 Å². The second-order valence-electron chi connectivity index (χ2n) is 5.88. The van der Waals surface area contributed by atoms with Crippen LogP contribution in [0, 0.1) is 12.3 Å². The van der Waals surface area contributed by atoms with Crippen molar-refractivity contribution in [1.29, 1.82) is 0 Å². The number of nitrogens with zero attached hydrogens (tertiary/aromatic N) is 2. The van der Waals surface area contributed by atoms with Crippen LogP contribution in [0.25, 0.3) is 0 Å². The third-order valence-corrected chi connectivity index (χ3v) is 3.54. The summed E-state index contributed by atoms with van der Waals surface area (Å²) >= 11 is 0. The fourth-order valence-electron chi connectivity index (χ4n) is 2.67. The average Bonchev–Trinajstić information content (AvgIpc) is 2.27. The number of hydrogen-bond acceptors (Lipinski definition) is 3. The van der Waals surface area contributed by atoms with Crippen LogP contribution >= 0.6 is 0 Å². The summed E-state index contributed by atoms with van der Waals surface area (Å²) in [5.74, 6) is 1.13. The normalized spacial score (nSPS) is 19.4. The van der Waals surface area contributed by atoms with Crippen LogP contribution in [-0.2, 0) is 6.54 Å². The second-order valence-corrected chi connectivity index (χ2v) is 5.88. The molecule has 2 N–H and O–H groups in total. The van der Waals surface area contributed by atoms with Crippen molar-refractivity contribution in [2.75, 3.05) is 18.0 Å². The molecule has 0 spiro atoms. The van der Waals surface area contributed by atoms with Crippen molar-refractivity contribution in [1.82, 2.24) is 4.98 Å². The first-order valence-electron chi connectivity index (χ1n) is 6.42. The van der Waals surface area contributed by atoms with Gasteiger partial charge < -0.3 is 10.6 Å². The molecule has 1 aliphatic rings. The standard InChI is InChI=1S/C14H23N3/c1-11-7-12(8-15)9-16-13(11)17-6-4-5-14(2,3)10-17/h7,9H,4-6,8,10,15H2,1-3H3. The molecule has 3 heteroatoms. The van der Waals surface area contributed by atoms with Crippen LogP contribution in [0.4, 0.5) is 5.82 Å². The van der Waals surface area contributed by atoms with E-state index >= 15 is 0 Å². The predicted molar refractivity (Wildman–Crippen MR) is 72.1 cm³/mol. The van der Waals surface area contributed by atoms with Crippen molar-refractivity contribution in [3.63, 3.8) is 0 Å². The zero-order valence-corrected chi connectivity index (χ0v) is 11.2. The van der Waals surface area contributed by atoms with E-state index < -0.39 is 0 Å². The Labute approximate surface area is 104 Å². The first-order valence-corrected chi connectivity index (χ1v) is 6.42. The van der Waals surface area contributed by atoms with Crippen LogP contribution < -0.4 is 10.6 Å². The smallest absolute Gasteiger partial charge is 0.131 e. The number of hydrogen-bond donors (Lipinski definition) is 1.